The maximum absolute atomic E-state index is 2.48. The Labute approximate surface area is 58.0 Å². The molecule has 0 aromatic heterocycles. The third-order valence-electron chi connectivity index (χ3n) is 2.37. The molecule has 0 radical (unpaired) electrons. The van der Waals surface area contributed by atoms with E-state index in [1.165, 1.54) is 19.4 Å². The Hall–Kier alpha value is -0.0400. The van der Waals surface area contributed by atoms with Crippen molar-refractivity contribution in [3.63, 3.8) is 0 Å². The van der Waals surface area contributed by atoms with Gasteiger partial charge in [0.05, 0.1) is 0 Å². The van der Waals surface area contributed by atoms with E-state index >= 15 is 0 Å². The molecule has 0 aliphatic carbocycles. The van der Waals surface area contributed by atoms with Gasteiger partial charge in [-0.15, -0.1) is 0 Å². The van der Waals surface area contributed by atoms with E-state index in [0.717, 1.165) is 12.0 Å². The van der Waals surface area contributed by atoms with Gasteiger partial charge in [-0.05, 0) is 25.8 Å². The predicted octanol–water partition coefficient (Wildman–Crippen LogP) is 1.74. The highest BCUT2D eigenvalue weighted by Crippen LogP contribution is 2.22. The molecule has 1 fully saturated rings. The Morgan fingerprint density at radius 1 is 1.56 bits per heavy atom. The summed E-state index contributed by atoms with van der Waals surface area (Å²) in [5, 5.41) is 0. The van der Waals surface area contributed by atoms with Gasteiger partial charge in [-0.2, -0.15) is 0 Å². The van der Waals surface area contributed by atoms with Crippen molar-refractivity contribution in [3.8, 4) is 0 Å². The van der Waals surface area contributed by atoms with Gasteiger partial charge in [0.2, 0.25) is 0 Å². The van der Waals surface area contributed by atoms with Crippen LogP contribution in [0.15, 0.2) is 0 Å². The fraction of sp³-hybridized carbons (Fsp3) is 1.00. The molecule has 1 heteroatoms. The fourth-order valence-electron chi connectivity index (χ4n) is 1.84. The van der Waals surface area contributed by atoms with Crippen molar-refractivity contribution in [2.45, 2.75) is 32.7 Å². The molecule has 1 aliphatic heterocycles. The number of nitrogens with zero attached hydrogens (tertiary/aromatic N) is 1. The van der Waals surface area contributed by atoms with E-state index in [9.17, 15) is 0 Å². The van der Waals surface area contributed by atoms with Crippen LogP contribution in [0.3, 0.4) is 0 Å². The van der Waals surface area contributed by atoms with Crippen LogP contribution < -0.4 is 0 Å². The van der Waals surface area contributed by atoms with Crippen LogP contribution in [0.5, 0.6) is 0 Å². The lowest BCUT2D eigenvalue weighted by molar-refractivity contribution is 0.302. The molecule has 9 heavy (non-hydrogen) atoms. The average molecular weight is 127 g/mol. The summed E-state index contributed by atoms with van der Waals surface area (Å²) in [5.41, 5.74) is 0. The van der Waals surface area contributed by atoms with Gasteiger partial charge in [0, 0.05) is 12.6 Å². The zero-order chi connectivity index (χ0) is 6.85. The lowest BCUT2D eigenvalue weighted by Crippen LogP contribution is -2.23. The minimum Gasteiger partial charge on any atom is -0.303 e. The van der Waals surface area contributed by atoms with Crippen molar-refractivity contribution >= 4 is 0 Å². The zero-order valence-electron chi connectivity index (χ0n) is 6.72. The summed E-state index contributed by atoms with van der Waals surface area (Å²) < 4.78 is 0. The summed E-state index contributed by atoms with van der Waals surface area (Å²) in [6.07, 6.45) is 2.73. The second-order valence-electron chi connectivity index (χ2n) is 3.34. The Balaban J connectivity index is 2.38. The maximum atomic E-state index is 2.48. The first kappa shape index (κ1) is 7.07. The Morgan fingerprint density at radius 2 is 2.22 bits per heavy atom. The monoisotopic (exact) mass is 127 g/mol. The third kappa shape index (κ3) is 1.45. The summed E-state index contributed by atoms with van der Waals surface area (Å²) in [7, 11) is 2.23. The van der Waals surface area contributed by atoms with Gasteiger partial charge in [-0.25, -0.2) is 0 Å². The molecular formula is C8H17N. The Bertz CT molecular complexity index is 90.6. The van der Waals surface area contributed by atoms with Crippen molar-refractivity contribution in [1.29, 1.82) is 0 Å². The first-order valence-corrected chi connectivity index (χ1v) is 3.94. The van der Waals surface area contributed by atoms with Gasteiger partial charge in [-0.3, -0.25) is 0 Å². The summed E-state index contributed by atoms with van der Waals surface area (Å²) >= 11 is 0. The summed E-state index contributed by atoms with van der Waals surface area (Å²) in [4.78, 5) is 2.48. The van der Waals surface area contributed by atoms with Crippen molar-refractivity contribution in [3.05, 3.63) is 0 Å². The lowest BCUT2D eigenvalue weighted by Gasteiger charge is -2.16. The molecule has 1 aliphatic rings. The Kier molecular flexibility index (Phi) is 2.12. The molecule has 1 rings (SSSR count). The van der Waals surface area contributed by atoms with Gasteiger partial charge in [0.1, 0.15) is 0 Å². The fourth-order valence-corrected chi connectivity index (χ4v) is 1.84. The quantitative estimate of drug-likeness (QED) is 0.518. The van der Waals surface area contributed by atoms with Crippen molar-refractivity contribution in [2.24, 2.45) is 5.92 Å². The summed E-state index contributed by atoms with van der Waals surface area (Å²) in [6, 6.07) is 0.875. The molecule has 0 aromatic rings. The molecule has 0 bridgehead atoms. The molecule has 1 saturated heterocycles. The van der Waals surface area contributed by atoms with Crippen molar-refractivity contribution < 1.29 is 0 Å². The standard InChI is InChI=1S/C8H17N/c1-4-8-5-7(2)6-9(8)3/h7-8H,4-6H2,1-3H3/t7-,8+/m0/s1. The van der Waals surface area contributed by atoms with Crippen LogP contribution in [-0.4, -0.2) is 24.5 Å². The first-order valence-electron chi connectivity index (χ1n) is 3.94. The van der Waals surface area contributed by atoms with Crippen LogP contribution in [0.2, 0.25) is 0 Å². The highest BCUT2D eigenvalue weighted by Gasteiger charge is 2.24. The van der Waals surface area contributed by atoms with Crippen LogP contribution in [-0.2, 0) is 0 Å². The minimum absolute atomic E-state index is 0.875. The molecule has 1 nitrogen and oxygen atoms in total. The molecule has 0 spiro atoms. The topological polar surface area (TPSA) is 3.24 Å². The maximum Gasteiger partial charge on any atom is 0.00927 e. The second-order valence-corrected chi connectivity index (χ2v) is 3.34. The third-order valence-corrected chi connectivity index (χ3v) is 2.37. The van der Waals surface area contributed by atoms with Crippen LogP contribution in [0, 0.1) is 5.92 Å². The summed E-state index contributed by atoms with van der Waals surface area (Å²) in [6.45, 7) is 5.92. The minimum atomic E-state index is 0.875. The number of hydrogen-bond donors (Lipinski definition) is 0. The molecule has 2 atom stereocenters. The highest BCUT2D eigenvalue weighted by molar-refractivity contribution is 4.79. The molecule has 1 heterocycles. The smallest absolute Gasteiger partial charge is 0.00927 e. The number of likely N-dealkylation sites (tertiary alicyclic amines) is 1. The number of rotatable bonds is 1. The largest absolute Gasteiger partial charge is 0.303 e. The van der Waals surface area contributed by atoms with Gasteiger partial charge in [0.15, 0.2) is 0 Å². The molecular weight excluding hydrogens is 110 g/mol. The van der Waals surface area contributed by atoms with E-state index in [1.54, 1.807) is 0 Å². The van der Waals surface area contributed by atoms with Gasteiger partial charge >= 0.3 is 0 Å². The molecule has 0 saturated carbocycles. The van der Waals surface area contributed by atoms with Crippen molar-refractivity contribution in [2.75, 3.05) is 13.6 Å². The van der Waals surface area contributed by atoms with E-state index in [2.05, 4.69) is 25.8 Å². The lowest BCUT2D eigenvalue weighted by atomic mass is 10.1. The van der Waals surface area contributed by atoms with Gasteiger partial charge < -0.3 is 4.90 Å². The normalized spacial score (nSPS) is 37.7. The molecule has 0 N–H and O–H groups in total. The molecule has 54 valence electrons. The van der Waals surface area contributed by atoms with Crippen molar-refractivity contribution in [1.82, 2.24) is 4.90 Å². The summed E-state index contributed by atoms with van der Waals surface area (Å²) in [5.74, 6) is 0.931. The van der Waals surface area contributed by atoms with E-state index in [-0.39, 0.29) is 0 Å². The van der Waals surface area contributed by atoms with Gasteiger partial charge in [-0.1, -0.05) is 13.8 Å². The average Bonchev–Trinajstić information content (AvgIpc) is 2.10. The Morgan fingerprint density at radius 3 is 2.44 bits per heavy atom. The first-order chi connectivity index (χ1) is 4.24. The van der Waals surface area contributed by atoms with Crippen LogP contribution in [0.4, 0.5) is 0 Å². The van der Waals surface area contributed by atoms with E-state index in [1.807, 2.05) is 0 Å². The van der Waals surface area contributed by atoms with E-state index in [4.69, 9.17) is 0 Å². The molecule has 0 aromatic carbocycles. The van der Waals surface area contributed by atoms with E-state index < -0.39 is 0 Å². The predicted molar refractivity (Wildman–Crippen MR) is 40.5 cm³/mol. The van der Waals surface area contributed by atoms with E-state index in [0.29, 0.717) is 0 Å². The van der Waals surface area contributed by atoms with Crippen LogP contribution >= 0.6 is 0 Å². The SMILES string of the molecule is CC[C@@H]1C[C@H](C)CN1C. The molecule has 0 amide bonds. The highest BCUT2D eigenvalue weighted by atomic mass is 15.1. The zero-order valence-corrected chi connectivity index (χ0v) is 6.72. The van der Waals surface area contributed by atoms with Crippen LogP contribution in [0.25, 0.3) is 0 Å². The number of hydrogen-bond acceptors (Lipinski definition) is 1. The second kappa shape index (κ2) is 2.70. The molecule has 0 unspecified atom stereocenters. The van der Waals surface area contributed by atoms with Gasteiger partial charge in [0.25, 0.3) is 0 Å². The van der Waals surface area contributed by atoms with Crippen LogP contribution in [0.1, 0.15) is 26.7 Å².